The monoisotopic (exact) mass is 298 g/mol. The Morgan fingerprint density at radius 1 is 1.62 bits per heavy atom. The maximum absolute atomic E-state index is 13.4. The van der Waals surface area contributed by atoms with Crippen LogP contribution in [0.2, 0.25) is 0 Å². The summed E-state index contributed by atoms with van der Waals surface area (Å²) < 4.78 is 23.4. The van der Waals surface area contributed by atoms with Crippen LogP contribution in [0.15, 0.2) is 18.2 Å². The van der Waals surface area contributed by atoms with Gasteiger partial charge in [0.15, 0.2) is 0 Å². The SMILES string of the molecule is COC(=O)CC1CN(c2cc(F)ccc2[N+](=O)[O-])CCO1. The van der Waals surface area contributed by atoms with E-state index < -0.39 is 22.8 Å². The molecule has 7 nitrogen and oxygen atoms in total. The average molecular weight is 298 g/mol. The summed E-state index contributed by atoms with van der Waals surface area (Å²) in [7, 11) is 1.28. The van der Waals surface area contributed by atoms with Crippen molar-refractivity contribution in [2.75, 3.05) is 31.7 Å². The Kier molecular flexibility index (Phi) is 4.69. The highest BCUT2D eigenvalue weighted by atomic mass is 19.1. The van der Waals surface area contributed by atoms with Gasteiger partial charge in [-0.2, -0.15) is 0 Å². The number of carbonyl (C=O) groups is 1. The third-order valence-corrected chi connectivity index (χ3v) is 3.24. The highest BCUT2D eigenvalue weighted by molar-refractivity contribution is 5.70. The van der Waals surface area contributed by atoms with E-state index in [0.717, 1.165) is 18.2 Å². The molecule has 0 aromatic heterocycles. The van der Waals surface area contributed by atoms with Gasteiger partial charge in [-0.3, -0.25) is 14.9 Å². The molecular formula is C13H15FN2O5. The number of ether oxygens (including phenoxy) is 2. The van der Waals surface area contributed by atoms with Gasteiger partial charge in [0, 0.05) is 25.2 Å². The van der Waals surface area contributed by atoms with Crippen LogP contribution in [0, 0.1) is 15.9 Å². The Morgan fingerprint density at radius 3 is 3.05 bits per heavy atom. The van der Waals surface area contributed by atoms with Gasteiger partial charge in [0.2, 0.25) is 0 Å². The molecule has 1 unspecified atom stereocenters. The minimum atomic E-state index is -0.556. The lowest BCUT2D eigenvalue weighted by atomic mass is 10.1. The molecule has 0 spiro atoms. The van der Waals surface area contributed by atoms with E-state index in [-0.39, 0.29) is 24.3 Å². The van der Waals surface area contributed by atoms with Crippen LogP contribution in [-0.4, -0.2) is 43.8 Å². The second kappa shape index (κ2) is 6.49. The number of esters is 1. The number of anilines is 1. The first-order chi connectivity index (χ1) is 10.0. The average Bonchev–Trinajstić information content (AvgIpc) is 2.47. The van der Waals surface area contributed by atoms with Crippen LogP contribution in [0.4, 0.5) is 15.8 Å². The lowest BCUT2D eigenvalue weighted by Crippen LogP contribution is -2.43. The molecule has 8 heteroatoms. The second-order valence-electron chi connectivity index (χ2n) is 4.61. The third kappa shape index (κ3) is 3.66. The van der Waals surface area contributed by atoms with Crippen molar-refractivity contribution in [1.82, 2.24) is 0 Å². The summed E-state index contributed by atoms with van der Waals surface area (Å²) >= 11 is 0. The summed E-state index contributed by atoms with van der Waals surface area (Å²) in [5, 5.41) is 11.0. The fourth-order valence-electron chi connectivity index (χ4n) is 2.24. The van der Waals surface area contributed by atoms with Gasteiger partial charge >= 0.3 is 5.97 Å². The molecule has 1 aliphatic rings. The number of hydrogen-bond donors (Lipinski definition) is 0. The minimum absolute atomic E-state index is 0.0517. The Labute approximate surface area is 120 Å². The summed E-state index contributed by atoms with van der Waals surface area (Å²) in [6.07, 6.45) is -0.384. The molecule has 1 atom stereocenters. The molecule has 2 rings (SSSR count). The fraction of sp³-hybridized carbons (Fsp3) is 0.462. The molecule has 114 valence electrons. The highest BCUT2D eigenvalue weighted by Crippen LogP contribution is 2.30. The first-order valence-electron chi connectivity index (χ1n) is 6.38. The number of nitro benzene ring substituents is 1. The predicted octanol–water partition coefficient (Wildman–Crippen LogP) is 1.50. The van der Waals surface area contributed by atoms with Gasteiger partial charge in [0.1, 0.15) is 11.5 Å². The topological polar surface area (TPSA) is 81.9 Å². The molecule has 1 saturated heterocycles. The zero-order valence-electron chi connectivity index (χ0n) is 11.5. The molecule has 0 radical (unpaired) electrons. The third-order valence-electron chi connectivity index (χ3n) is 3.24. The quantitative estimate of drug-likeness (QED) is 0.476. The molecule has 0 N–H and O–H groups in total. The van der Waals surface area contributed by atoms with Crippen LogP contribution in [0.1, 0.15) is 6.42 Å². The van der Waals surface area contributed by atoms with Gasteiger partial charge in [-0.15, -0.1) is 0 Å². The second-order valence-corrected chi connectivity index (χ2v) is 4.61. The van der Waals surface area contributed by atoms with Crippen molar-refractivity contribution in [3.05, 3.63) is 34.1 Å². The maximum atomic E-state index is 13.4. The normalized spacial score (nSPS) is 18.4. The van der Waals surface area contributed by atoms with E-state index in [1.54, 1.807) is 4.90 Å². The van der Waals surface area contributed by atoms with E-state index in [1.165, 1.54) is 7.11 Å². The Balaban J connectivity index is 2.19. The van der Waals surface area contributed by atoms with E-state index in [2.05, 4.69) is 4.74 Å². The molecule has 0 aliphatic carbocycles. The summed E-state index contributed by atoms with van der Waals surface area (Å²) in [6.45, 7) is 0.955. The largest absolute Gasteiger partial charge is 0.469 e. The van der Waals surface area contributed by atoms with Crippen LogP contribution in [0.5, 0.6) is 0 Å². The molecule has 1 fully saturated rings. The summed E-state index contributed by atoms with van der Waals surface area (Å²) in [5.41, 5.74) is 0.0216. The number of rotatable bonds is 4. The Morgan fingerprint density at radius 2 is 2.38 bits per heavy atom. The first kappa shape index (κ1) is 15.2. The number of nitrogens with zero attached hydrogens (tertiary/aromatic N) is 2. The number of nitro groups is 1. The zero-order chi connectivity index (χ0) is 15.4. The van der Waals surface area contributed by atoms with Gasteiger partial charge in [0.25, 0.3) is 5.69 Å². The standard InChI is InChI=1S/C13H15FN2O5/c1-20-13(17)7-10-8-15(4-5-21-10)12-6-9(14)2-3-11(12)16(18)19/h2-3,6,10H,4-5,7-8H2,1H3. The van der Waals surface area contributed by atoms with Gasteiger partial charge in [-0.25, -0.2) is 4.39 Å². The van der Waals surface area contributed by atoms with Gasteiger partial charge < -0.3 is 14.4 Å². The molecular weight excluding hydrogens is 283 g/mol. The van der Waals surface area contributed by atoms with E-state index in [1.807, 2.05) is 0 Å². The first-order valence-corrected chi connectivity index (χ1v) is 6.38. The molecule has 1 aromatic carbocycles. The van der Waals surface area contributed by atoms with Crippen molar-refractivity contribution in [2.24, 2.45) is 0 Å². The lowest BCUT2D eigenvalue weighted by molar-refractivity contribution is -0.384. The highest BCUT2D eigenvalue weighted by Gasteiger charge is 2.27. The van der Waals surface area contributed by atoms with Gasteiger partial charge in [-0.1, -0.05) is 0 Å². The van der Waals surface area contributed by atoms with Crippen molar-refractivity contribution in [3.63, 3.8) is 0 Å². The van der Waals surface area contributed by atoms with Gasteiger partial charge in [-0.05, 0) is 6.07 Å². The van der Waals surface area contributed by atoms with Crippen LogP contribution >= 0.6 is 0 Å². The number of benzene rings is 1. The lowest BCUT2D eigenvalue weighted by Gasteiger charge is -2.33. The molecule has 1 heterocycles. The molecule has 0 bridgehead atoms. The van der Waals surface area contributed by atoms with E-state index in [0.29, 0.717) is 13.2 Å². The number of halogens is 1. The minimum Gasteiger partial charge on any atom is -0.469 e. The number of methoxy groups -OCH3 is 1. The van der Waals surface area contributed by atoms with Crippen molar-refractivity contribution in [2.45, 2.75) is 12.5 Å². The predicted molar refractivity (Wildman–Crippen MR) is 71.6 cm³/mol. The van der Waals surface area contributed by atoms with Gasteiger partial charge in [0.05, 0.1) is 31.2 Å². The Hall–Kier alpha value is -2.22. The summed E-state index contributed by atoms with van der Waals surface area (Å²) in [6, 6.07) is 3.31. The van der Waals surface area contributed by atoms with Crippen LogP contribution < -0.4 is 4.90 Å². The van der Waals surface area contributed by atoms with Crippen molar-refractivity contribution in [1.29, 1.82) is 0 Å². The molecule has 0 saturated carbocycles. The fourth-order valence-corrected chi connectivity index (χ4v) is 2.24. The van der Waals surface area contributed by atoms with E-state index in [9.17, 15) is 19.3 Å². The van der Waals surface area contributed by atoms with Crippen LogP contribution in [0.25, 0.3) is 0 Å². The van der Waals surface area contributed by atoms with Crippen molar-refractivity contribution >= 4 is 17.3 Å². The maximum Gasteiger partial charge on any atom is 0.308 e. The Bertz CT molecular complexity index is 551. The number of morpholine rings is 1. The van der Waals surface area contributed by atoms with Crippen LogP contribution in [0.3, 0.4) is 0 Å². The molecule has 1 aromatic rings. The van der Waals surface area contributed by atoms with E-state index in [4.69, 9.17) is 4.74 Å². The molecule has 21 heavy (non-hydrogen) atoms. The molecule has 0 amide bonds. The number of carbonyl (C=O) groups excluding carboxylic acids is 1. The number of hydrogen-bond acceptors (Lipinski definition) is 6. The smallest absolute Gasteiger partial charge is 0.308 e. The van der Waals surface area contributed by atoms with Crippen LogP contribution in [-0.2, 0) is 14.3 Å². The zero-order valence-corrected chi connectivity index (χ0v) is 11.5. The summed E-state index contributed by atoms with van der Waals surface area (Å²) in [4.78, 5) is 23.4. The van der Waals surface area contributed by atoms with Crippen molar-refractivity contribution < 1.29 is 23.6 Å². The van der Waals surface area contributed by atoms with E-state index >= 15 is 0 Å². The van der Waals surface area contributed by atoms with Crippen molar-refractivity contribution in [3.8, 4) is 0 Å². The summed E-state index contributed by atoms with van der Waals surface area (Å²) in [5.74, 6) is -0.970. The molecule has 1 aliphatic heterocycles.